The number of hydrogen-bond donors (Lipinski definition) is 1. The molecule has 136 valence electrons. The predicted octanol–water partition coefficient (Wildman–Crippen LogP) is 3.70. The zero-order valence-corrected chi connectivity index (χ0v) is 15.4. The van der Waals surface area contributed by atoms with Crippen LogP contribution in [0.4, 0.5) is 0 Å². The molecule has 1 N–H and O–H groups in total. The molecule has 2 bridgehead atoms. The van der Waals surface area contributed by atoms with E-state index in [1.54, 1.807) is 0 Å². The van der Waals surface area contributed by atoms with Crippen LogP contribution in [0.2, 0.25) is 0 Å². The number of ether oxygens (including phenoxy) is 2. The molecule has 0 radical (unpaired) electrons. The van der Waals surface area contributed by atoms with Crippen LogP contribution in [0.1, 0.15) is 64.0 Å². The molecule has 1 spiro atoms. The van der Waals surface area contributed by atoms with Gasteiger partial charge < -0.3 is 14.6 Å². The summed E-state index contributed by atoms with van der Waals surface area (Å²) >= 11 is 0. The van der Waals surface area contributed by atoms with Gasteiger partial charge in [0.1, 0.15) is 5.60 Å². The molecule has 3 saturated carbocycles. The minimum absolute atomic E-state index is 0.0798. The van der Waals surface area contributed by atoms with Gasteiger partial charge in [0.15, 0.2) is 0 Å². The van der Waals surface area contributed by atoms with E-state index in [1.807, 2.05) is 20.8 Å². The molecule has 25 heavy (non-hydrogen) atoms. The summed E-state index contributed by atoms with van der Waals surface area (Å²) in [6.07, 6.45) is 3.51. The van der Waals surface area contributed by atoms with Gasteiger partial charge in [-0.05, 0) is 69.4 Å². The van der Waals surface area contributed by atoms with E-state index in [4.69, 9.17) is 9.47 Å². The van der Waals surface area contributed by atoms with Crippen LogP contribution >= 0.6 is 0 Å². The van der Waals surface area contributed by atoms with Gasteiger partial charge in [0.2, 0.25) is 0 Å². The molecular weight excluding hydrogens is 316 g/mol. The number of rotatable bonds is 2. The Kier molecular flexibility index (Phi) is 3.79. The summed E-state index contributed by atoms with van der Waals surface area (Å²) in [6, 6.07) is 8.45. The molecule has 4 aliphatic rings. The molecule has 1 aromatic rings. The fourth-order valence-corrected chi connectivity index (χ4v) is 5.28. The van der Waals surface area contributed by atoms with Crippen LogP contribution < -0.4 is 0 Å². The van der Waals surface area contributed by atoms with Crippen molar-refractivity contribution >= 4 is 5.97 Å². The van der Waals surface area contributed by atoms with Gasteiger partial charge in [0.25, 0.3) is 0 Å². The highest BCUT2D eigenvalue weighted by molar-refractivity contribution is 5.71. The Labute approximate surface area is 149 Å². The first-order chi connectivity index (χ1) is 11.7. The number of fused-ring (bicyclic) bond motifs is 3. The maximum Gasteiger partial charge on any atom is 0.309 e. The van der Waals surface area contributed by atoms with Gasteiger partial charge in [-0.3, -0.25) is 4.79 Å². The third kappa shape index (κ3) is 2.80. The van der Waals surface area contributed by atoms with Gasteiger partial charge in [-0.15, -0.1) is 0 Å². The van der Waals surface area contributed by atoms with Gasteiger partial charge in [-0.2, -0.15) is 0 Å². The standard InChI is InChI=1S/C21H28O4/c1-19(2,3)25-18(22)12-20(23)10-16-9-8-15(20)11-21(16)17-7-5-4-6-14(17)13-24-21/h4-7,15-16,23H,8-13H2,1-3H3. The van der Waals surface area contributed by atoms with Crippen molar-refractivity contribution in [2.45, 2.75) is 76.3 Å². The van der Waals surface area contributed by atoms with E-state index in [2.05, 4.69) is 24.3 Å². The smallest absolute Gasteiger partial charge is 0.309 e. The molecule has 1 aromatic carbocycles. The van der Waals surface area contributed by atoms with Crippen molar-refractivity contribution in [1.29, 1.82) is 0 Å². The average Bonchev–Trinajstić information content (AvgIpc) is 2.86. The Hall–Kier alpha value is -1.39. The van der Waals surface area contributed by atoms with Gasteiger partial charge in [-0.25, -0.2) is 0 Å². The summed E-state index contributed by atoms with van der Waals surface area (Å²) in [5, 5.41) is 11.3. The summed E-state index contributed by atoms with van der Waals surface area (Å²) < 4.78 is 11.8. The highest BCUT2D eigenvalue weighted by Gasteiger charge is 2.60. The van der Waals surface area contributed by atoms with E-state index < -0.39 is 11.2 Å². The molecule has 0 aromatic heterocycles. The lowest BCUT2D eigenvalue weighted by atomic mass is 9.53. The second-order valence-electron chi connectivity index (χ2n) is 9.08. The normalized spacial score (nSPS) is 36.5. The Morgan fingerprint density at radius 1 is 1.24 bits per heavy atom. The summed E-state index contributed by atoms with van der Waals surface area (Å²) in [7, 11) is 0. The molecule has 0 amide bonds. The van der Waals surface area contributed by atoms with Crippen LogP contribution in [0.3, 0.4) is 0 Å². The number of esters is 1. The summed E-state index contributed by atoms with van der Waals surface area (Å²) in [5.74, 6) is 0.0362. The second-order valence-corrected chi connectivity index (χ2v) is 9.08. The Bertz CT molecular complexity index is 691. The maximum absolute atomic E-state index is 12.3. The highest BCUT2D eigenvalue weighted by atomic mass is 16.6. The average molecular weight is 344 g/mol. The number of carbonyl (C=O) groups is 1. The zero-order chi connectivity index (χ0) is 17.9. The molecule has 4 atom stereocenters. The summed E-state index contributed by atoms with van der Waals surface area (Å²) in [6.45, 7) is 6.24. The predicted molar refractivity (Wildman–Crippen MR) is 93.8 cm³/mol. The van der Waals surface area contributed by atoms with Crippen LogP contribution in [0, 0.1) is 11.8 Å². The Balaban J connectivity index is 1.56. The first kappa shape index (κ1) is 17.0. The molecule has 0 saturated heterocycles. The van der Waals surface area contributed by atoms with Gasteiger partial charge in [0, 0.05) is 0 Å². The SMILES string of the molecule is CC(C)(C)OC(=O)CC1(O)CC2CCC1CC21OCc2ccccc21. The topological polar surface area (TPSA) is 55.8 Å². The van der Waals surface area contributed by atoms with E-state index in [-0.39, 0.29) is 29.8 Å². The molecule has 3 aliphatic carbocycles. The van der Waals surface area contributed by atoms with Crippen molar-refractivity contribution in [3.8, 4) is 0 Å². The van der Waals surface area contributed by atoms with Crippen molar-refractivity contribution in [3.05, 3.63) is 35.4 Å². The fraction of sp³-hybridized carbons (Fsp3) is 0.667. The largest absolute Gasteiger partial charge is 0.460 e. The van der Waals surface area contributed by atoms with Crippen LogP contribution in [0.5, 0.6) is 0 Å². The monoisotopic (exact) mass is 344 g/mol. The van der Waals surface area contributed by atoms with Gasteiger partial charge in [0.05, 0.1) is 24.2 Å². The van der Waals surface area contributed by atoms with E-state index in [9.17, 15) is 9.90 Å². The van der Waals surface area contributed by atoms with E-state index in [0.717, 1.165) is 19.3 Å². The Morgan fingerprint density at radius 3 is 2.64 bits per heavy atom. The lowest BCUT2D eigenvalue weighted by molar-refractivity contribution is -0.216. The lowest BCUT2D eigenvalue weighted by Gasteiger charge is -2.56. The third-order valence-corrected chi connectivity index (χ3v) is 6.26. The van der Waals surface area contributed by atoms with Gasteiger partial charge in [-0.1, -0.05) is 24.3 Å². The highest BCUT2D eigenvalue weighted by Crippen LogP contribution is 2.61. The lowest BCUT2D eigenvalue weighted by Crippen LogP contribution is -2.58. The van der Waals surface area contributed by atoms with Crippen molar-refractivity contribution in [3.63, 3.8) is 0 Å². The van der Waals surface area contributed by atoms with Crippen LogP contribution in [0.25, 0.3) is 0 Å². The van der Waals surface area contributed by atoms with Crippen LogP contribution in [0.15, 0.2) is 24.3 Å². The quantitative estimate of drug-likeness (QED) is 0.831. The van der Waals surface area contributed by atoms with Crippen molar-refractivity contribution in [1.82, 2.24) is 0 Å². The number of carbonyl (C=O) groups excluding carboxylic acids is 1. The fourth-order valence-electron chi connectivity index (χ4n) is 5.28. The molecule has 4 heteroatoms. The molecule has 4 unspecified atom stereocenters. The number of benzene rings is 1. The Morgan fingerprint density at radius 2 is 1.96 bits per heavy atom. The van der Waals surface area contributed by atoms with E-state index in [0.29, 0.717) is 13.0 Å². The molecule has 5 rings (SSSR count). The number of hydrogen-bond acceptors (Lipinski definition) is 4. The second kappa shape index (κ2) is 5.55. The zero-order valence-electron chi connectivity index (χ0n) is 15.4. The first-order valence-electron chi connectivity index (χ1n) is 9.38. The molecule has 3 fully saturated rings. The molecular formula is C21H28O4. The summed E-state index contributed by atoms with van der Waals surface area (Å²) in [5.41, 5.74) is 0.821. The minimum atomic E-state index is -0.961. The number of aliphatic hydroxyl groups is 1. The van der Waals surface area contributed by atoms with Crippen molar-refractivity contribution in [2.24, 2.45) is 11.8 Å². The van der Waals surface area contributed by atoms with Gasteiger partial charge >= 0.3 is 5.97 Å². The summed E-state index contributed by atoms with van der Waals surface area (Å²) in [4.78, 5) is 12.3. The third-order valence-electron chi connectivity index (χ3n) is 6.26. The molecule has 1 heterocycles. The van der Waals surface area contributed by atoms with Crippen molar-refractivity contribution in [2.75, 3.05) is 0 Å². The molecule has 4 nitrogen and oxygen atoms in total. The van der Waals surface area contributed by atoms with Crippen LogP contribution in [-0.2, 0) is 26.5 Å². The van der Waals surface area contributed by atoms with Crippen LogP contribution in [-0.4, -0.2) is 22.3 Å². The van der Waals surface area contributed by atoms with E-state index in [1.165, 1.54) is 11.1 Å². The molecule has 1 aliphatic heterocycles. The first-order valence-corrected chi connectivity index (χ1v) is 9.38. The van der Waals surface area contributed by atoms with E-state index >= 15 is 0 Å². The van der Waals surface area contributed by atoms with Crippen molar-refractivity contribution < 1.29 is 19.4 Å². The maximum atomic E-state index is 12.3. The minimum Gasteiger partial charge on any atom is -0.460 e.